The molecule has 0 aromatic heterocycles. The van der Waals surface area contributed by atoms with Gasteiger partial charge in [-0.15, -0.1) is 0 Å². The molecule has 0 spiro atoms. The van der Waals surface area contributed by atoms with Crippen LogP contribution in [0.25, 0.3) is 0 Å². The molecule has 0 aromatic rings. The van der Waals surface area contributed by atoms with Crippen LogP contribution < -0.4 is 0 Å². The molecule has 0 saturated carbocycles. The summed E-state index contributed by atoms with van der Waals surface area (Å²) in [5.41, 5.74) is 0.346. The molecule has 0 N–H and O–H groups in total. The lowest BCUT2D eigenvalue weighted by Gasteiger charge is -2.35. The highest BCUT2D eigenvalue weighted by atomic mass is 15.9. The molecule has 0 bridgehead atoms. The lowest BCUT2D eigenvalue weighted by Crippen LogP contribution is -2.46. The molecule has 3 nitrogen and oxygen atoms in total. The summed E-state index contributed by atoms with van der Waals surface area (Å²) in [7, 11) is 4.47. The van der Waals surface area contributed by atoms with E-state index in [4.69, 9.17) is 0 Å². The van der Waals surface area contributed by atoms with Gasteiger partial charge in [0.15, 0.2) is 0 Å². The van der Waals surface area contributed by atoms with Crippen LogP contribution >= 0.6 is 0 Å². The first-order valence-corrected chi connectivity index (χ1v) is 8.09. The average Bonchev–Trinajstić information content (AvgIpc) is 2.60. The molecule has 1 aliphatic heterocycles. The van der Waals surface area contributed by atoms with E-state index in [-0.39, 0.29) is 0 Å². The second-order valence-corrected chi connectivity index (χ2v) is 7.16. The molecule has 0 amide bonds. The lowest BCUT2D eigenvalue weighted by atomic mass is 9.87. The Morgan fingerprint density at radius 1 is 0.947 bits per heavy atom. The monoisotopic (exact) mass is 269 g/mol. The van der Waals surface area contributed by atoms with Crippen LogP contribution in [0.5, 0.6) is 0 Å². The Hall–Kier alpha value is -0.120. The largest absolute Gasteiger partial charge is 0.229 e. The van der Waals surface area contributed by atoms with Gasteiger partial charge in [0.1, 0.15) is 0 Å². The second kappa shape index (κ2) is 7.61. The Bertz CT molecular complexity index is 247. The van der Waals surface area contributed by atoms with Crippen LogP contribution in [0.3, 0.4) is 0 Å². The second-order valence-electron chi connectivity index (χ2n) is 7.16. The van der Waals surface area contributed by atoms with Gasteiger partial charge >= 0.3 is 0 Å². The molecule has 0 radical (unpaired) electrons. The molecular formula is C16H35N3. The molecule has 1 fully saturated rings. The van der Waals surface area contributed by atoms with Crippen molar-refractivity contribution in [1.82, 2.24) is 15.1 Å². The third-order valence-corrected chi connectivity index (χ3v) is 4.36. The first kappa shape index (κ1) is 16.9. The fourth-order valence-electron chi connectivity index (χ4n) is 3.06. The van der Waals surface area contributed by atoms with Gasteiger partial charge in [0.2, 0.25) is 0 Å². The molecule has 1 aliphatic rings. The summed E-state index contributed by atoms with van der Waals surface area (Å²) in [6.07, 6.45) is 8.23. The molecule has 1 unspecified atom stereocenters. The van der Waals surface area contributed by atoms with E-state index in [2.05, 4.69) is 56.9 Å². The number of unbranched alkanes of at least 4 members (excludes halogenated alkanes) is 5. The first-order chi connectivity index (χ1) is 8.88. The van der Waals surface area contributed by atoms with Crippen LogP contribution in [0.2, 0.25) is 0 Å². The number of likely N-dealkylation sites (N-methyl/N-ethyl adjacent to an activating group) is 2. The zero-order valence-electron chi connectivity index (χ0n) is 14.1. The summed E-state index contributed by atoms with van der Waals surface area (Å²) in [5, 5.41) is 7.28. The molecule has 1 heterocycles. The van der Waals surface area contributed by atoms with E-state index in [1.165, 1.54) is 45.1 Å². The molecule has 3 heteroatoms. The quantitative estimate of drug-likeness (QED) is 0.651. The van der Waals surface area contributed by atoms with Gasteiger partial charge in [-0.3, -0.25) is 0 Å². The van der Waals surface area contributed by atoms with E-state index in [0.717, 1.165) is 6.54 Å². The van der Waals surface area contributed by atoms with Gasteiger partial charge in [-0.2, -0.15) is 5.12 Å². The highest BCUT2D eigenvalue weighted by Gasteiger charge is 2.39. The van der Waals surface area contributed by atoms with Crippen molar-refractivity contribution in [3.05, 3.63) is 0 Å². The van der Waals surface area contributed by atoms with E-state index >= 15 is 0 Å². The van der Waals surface area contributed by atoms with Gasteiger partial charge in [-0.25, -0.2) is 10.0 Å². The third kappa shape index (κ3) is 5.05. The highest BCUT2D eigenvalue weighted by Crippen LogP contribution is 2.30. The number of nitrogens with zero attached hydrogens (tertiary/aromatic N) is 3. The number of hydrogen-bond acceptors (Lipinski definition) is 3. The Kier molecular flexibility index (Phi) is 6.78. The zero-order valence-corrected chi connectivity index (χ0v) is 14.1. The maximum atomic E-state index is 2.45. The van der Waals surface area contributed by atoms with Gasteiger partial charge in [-0.05, 0) is 11.8 Å². The van der Waals surface area contributed by atoms with Crippen molar-refractivity contribution in [1.29, 1.82) is 0 Å². The van der Waals surface area contributed by atoms with E-state index in [1.54, 1.807) is 0 Å². The summed E-state index contributed by atoms with van der Waals surface area (Å²) >= 11 is 0. The summed E-state index contributed by atoms with van der Waals surface area (Å²) < 4.78 is 0. The van der Waals surface area contributed by atoms with Crippen LogP contribution in [-0.4, -0.2) is 48.4 Å². The van der Waals surface area contributed by atoms with Crippen LogP contribution in [0.4, 0.5) is 0 Å². The smallest absolute Gasteiger partial charge is 0.0446 e. The topological polar surface area (TPSA) is 9.72 Å². The minimum atomic E-state index is 0.346. The number of hydrazine groups is 2. The van der Waals surface area contributed by atoms with Crippen molar-refractivity contribution >= 4 is 0 Å². The maximum absolute atomic E-state index is 2.45. The van der Waals surface area contributed by atoms with E-state index < -0.39 is 0 Å². The van der Waals surface area contributed by atoms with Crippen molar-refractivity contribution in [2.24, 2.45) is 5.41 Å². The van der Waals surface area contributed by atoms with Crippen molar-refractivity contribution in [3.8, 4) is 0 Å². The van der Waals surface area contributed by atoms with E-state index in [0.29, 0.717) is 11.5 Å². The Balaban J connectivity index is 2.30. The summed E-state index contributed by atoms with van der Waals surface area (Å²) in [6, 6.07) is 0.623. The molecule has 19 heavy (non-hydrogen) atoms. The maximum Gasteiger partial charge on any atom is 0.0446 e. The van der Waals surface area contributed by atoms with Gasteiger partial charge < -0.3 is 0 Å². The van der Waals surface area contributed by atoms with Crippen LogP contribution in [0.1, 0.15) is 66.2 Å². The molecular weight excluding hydrogens is 234 g/mol. The predicted molar refractivity (Wildman–Crippen MR) is 83.7 cm³/mol. The van der Waals surface area contributed by atoms with Crippen LogP contribution in [0.15, 0.2) is 0 Å². The molecule has 1 rings (SSSR count). The van der Waals surface area contributed by atoms with Gasteiger partial charge in [0.05, 0.1) is 0 Å². The standard InChI is InChI=1S/C16H35N3/c1-7-8-9-10-11-12-13-19-17(5)14-15(18(19)6)16(2,3)4/h15H,7-14H2,1-6H3. The molecule has 0 aliphatic carbocycles. The number of hydrogen-bond donors (Lipinski definition) is 0. The fraction of sp³-hybridized carbons (Fsp3) is 1.00. The van der Waals surface area contributed by atoms with Crippen LogP contribution in [-0.2, 0) is 0 Å². The third-order valence-electron chi connectivity index (χ3n) is 4.36. The molecule has 0 aromatic carbocycles. The van der Waals surface area contributed by atoms with Gasteiger partial charge in [-0.1, -0.05) is 59.8 Å². The summed E-state index contributed by atoms with van der Waals surface area (Å²) in [5.74, 6) is 0. The fourth-order valence-corrected chi connectivity index (χ4v) is 3.06. The van der Waals surface area contributed by atoms with Crippen molar-refractivity contribution in [2.75, 3.05) is 27.2 Å². The molecule has 1 atom stereocenters. The SMILES string of the molecule is CCCCCCCCN1N(C)CC(C(C)(C)C)N1C. The predicted octanol–water partition coefficient (Wildman–Crippen LogP) is 3.77. The zero-order chi connectivity index (χ0) is 14.5. The van der Waals surface area contributed by atoms with Crippen LogP contribution in [0, 0.1) is 5.41 Å². The van der Waals surface area contributed by atoms with E-state index in [1.807, 2.05) is 0 Å². The number of rotatable bonds is 7. The summed E-state index contributed by atoms with van der Waals surface area (Å²) in [4.78, 5) is 0. The first-order valence-electron chi connectivity index (χ1n) is 8.09. The minimum absolute atomic E-state index is 0.346. The average molecular weight is 269 g/mol. The van der Waals surface area contributed by atoms with E-state index in [9.17, 15) is 0 Å². The van der Waals surface area contributed by atoms with Crippen molar-refractivity contribution in [3.63, 3.8) is 0 Å². The summed E-state index contributed by atoms with van der Waals surface area (Å²) in [6.45, 7) is 11.6. The minimum Gasteiger partial charge on any atom is -0.229 e. The Morgan fingerprint density at radius 3 is 2.05 bits per heavy atom. The molecule has 1 saturated heterocycles. The normalized spacial score (nSPS) is 23.4. The lowest BCUT2D eigenvalue weighted by molar-refractivity contribution is -0.111. The Morgan fingerprint density at radius 2 is 1.53 bits per heavy atom. The highest BCUT2D eigenvalue weighted by molar-refractivity contribution is 4.86. The van der Waals surface area contributed by atoms with Gasteiger partial charge in [0, 0.05) is 33.2 Å². The van der Waals surface area contributed by atoms with Crippen molar-refractivity contribution in [2.45, 2.75) is 72.3 Å². The van der Waals surface area contributed by atoms with Crippen molar-refractivity contribution < 1.29 is 0 Å². The molecule has 114 valence electrons. The Labute approximate surface area is 120 Å². The van der Waals surface area contributed by atoms with Gasteiger partial charge in [0.25, 0.3) is 0 Å².